The van der Waals surface area contributed by atoms with E-state index in [-0.39, 0.29) is 11.6 Å². The zero-order valence-electron chi connectivity index (χ0n) is 9.96. The van der Waals surface area contributed by atoms with Crippen LogP contribution in [0.5, 0.6) is 0 Å². The number of carbonyl (C=O) groups excluding carboxylic acids is 3. The largest absolute Gasteiger partial charge is 0.302 e. The average molecular weight is 224 g/mol. The standard InChI is InChI=1S/C13H20O3/c1-11(15)7-9-13(10-14)8-5-3-2-4-6-12(13)16/h10H,2-9H2,1H3. The van der Waals surface area contributed by atoms with Crippen molar-refractivity contribution in [2.75, 3.05) is 0 Å². The van der Waals surface area contributed by atoms with Crippen molar-refractivity contribution in [1.29, 1.82) is 0 Å². The molecule has 0 aromatic carbocycles. The molecule has 3 heteroatoms. The summed E-state index contributed by atoms with van der Waals surface area (Å²) in [5.74, 6) is 0.0968. The molecule has 0 saturated heterocycles. The van der Waals surface area contributed by atoms with E-state index in [2.05, 4.69) is 0 Å². The zero-order valence-corrected chi connectivity index (χ0v) is 9.96. The minimum absolute atomic E-state index is 0.0449. The predicted molar refractivity (Wildman–Crippen MR) is 61.1 cm³/mol. The van der Waals surface area contributed by atoms with Gasteiger partial charge in [0.25, 0.3) is 0 Å². The Balaban J connectivity index is 2.74. The molecule has 16 heavy (non-hydrogen) atoms. The SMILES string of the molecule is CC(=O)CCC1(C=O)CCCCCCC1=O. The van der Waals surface area contributed by atoms with Crippen LogP contribution in [0.3, 0.4) is 0 Å². The maximum atomic E-state index is 12.0. The molecule has 1 atom stereocenters. The molecule has 0 bridgehead atoms. The summed E-state index contributed by atoms with van der Waals surface area (Å²) in [7, 11) is 0. The molecule has 0 radical (unpaired) electrons. The van der Waals surface area contributed by atoms with Crippen LogP contribution in [0, 0.1) is 5.41 Å². The van der Waals surface area contributed by atoms with Crippen molar-refractivity contribution in [2.45, 2.75) is 58.3 Å². The van der Waals surface area contributed by atoms with Gasteiger partial charge in [0.15, 0.2) is 0 Å². The topological polar surface area (TPSA) is 51.2 Å². The van der Waals surface area contributed by atoms with Gasteiger partial charge in [-0.25, -0.2) is 0 Å². The molecule has 3 nitrogen and oxygen atoms in total. The van der Waals surface area contributed by atoms with E-state index in [0.717, 1.165) is 32.0 Å². The fourth-order valence-electron chi connectivity index (χ4n) is 2.32. The first-order valence-corrected chi connectivity index (χ1v) is 6.10. The number of ketones is 2. The first kappa shape index (κ1) is 13.1. The molecular formula is C13H20O3. The van der Waals surface area contributed by atoms with Crippen LogP contribution in [-0.4, -0.2) is 17.9 Å². The monoisotopic (exact) mass is 224 g/mol. The van der Waals surface area contributed by atoms with Gasteiger partial charge in [-0.15, -0.1) is 0 Å². The highest BCUT2D eigenvalue weighted by atomic mass is 16.1. The van der Waals surface area contributed by atoms with Crippen LogP contribution in [0.4, 0.5) is 0 Å². The molecule has 0 amide bonds. The third-order valence-electron chi connectivity index (χ3n) is 3.48. The quantitative estimate of drug-likeness (QED) is 0.544. The van der Waals surface area contributed by atoms with E-state index < -0.39 is 5.41 Å². The lowest BCUT2D eigenvalue weighted by Crippen LogP contribution is -2.34. The fraction of sp³-hybridized carbons (Fsp3) is 0.769. The molecule has 1 aliphatic carbocycles. The van der Waals surface area contributed by atoms with Gasteiger partial charge in [-0.2, -0.15) is 0 Å². The van der Waals surface area contributed by atoms with Gasteiger partial charge in [0.05, 0.1) is 5.41 Å². The Morgan fingerprint density at radius 3 is 2.62 bits per heavy atom. The lowest BCUT2D eigenvalue weighted by molar-refractivity contribution is -0.136. The maximum Gasteiger partial charge on any atom is 0.146 e. The molecule has 0 spiro atoms. The average Bonchev–Trinajstić information content (AvgIpc) is 2.24. The number of hydrogen-bond donors (Lipinski definition) is 0. The Kier molecular flexibility index (Phi) is 4.84. The number of Topliss-reactive ketones (excluding diaryl/α,β-unsaturated/α-hetero) is 2. The minimum Gasteiger partial charge on any atom is -0.302 e. The normalized spacial score (nSPS) is 26.9. The van der Waals surface area contributed by atoms with Gasteiger partial charge >= 0.3 is 0 Å². The Bertz CT molecular complexity index is 283. The van der Waals surface area contributed by atoms with E-state index in [1.165, 1.54) is 6.92 Å². The second kappa shape index (κ2) is 5.92. The predicted octanol–water partition coefficient (Wildman–Crippen LogP) is 2.46. The molecule has 1 fully saturated rings. The lowest BCUT2D eigenvalue weighted by Gasteiger charge is -2.28. The fourth-order valence-corrected chi connectivity index (χ4v) is 2.32. The highest BCUT2D eigenvalue weighted by Crippen LogP contribution is 2.33. The number of aldehydes is 1. The van der Waals surface area contributed by atoms with Gasteiger partial charge < -0.3 is 9.59 Å². The lowest BCUT2D eigenvalue weighted by atomic mass is 9.73. The van der Waals surface area contributed by atoms with Gasteiger partial charge in [-0.05, 0) is 26.2 Å². The van der Waals surface area contributed by atoms with Crippen molar-refractivity contribution < 1.29 is 14.4 Å². The van der Waals surface area contributed by atoms with Crippen LogP contribution in [0.2, 0.25) is 0 Å². The maximum absolute atomic E-state index is 12.0. The summed E-state index contributed by atoms with van der Waals surface area (Å²) in [5.41, 5.74) is -0.855. The number of rotatable bonds is 4. The van der Waals surface area contributed by atoms with Crippen molar-refractivity contribution in [3.63, 3.8) is 0 Å². The van der Waals surface area contributed by atoms with Crippen LogP contribution in [-0.2, 0) is 14.4 Å². The van der Waals surface area contributed by atoms with E-state index in [4.69, 9.17) is 0 Å². The van der Waals surface area contributed by atoms with Gasteiger partial charge in [0.1, 0.15) is 17.9 Å². The Hall–Kier alpha value is -0.990. The highest BCUT2D eigenvalue weighted by molar-refractivity contribution is 5.98. The van der Waals surface area contributed by atoms with Crippen molar-refractivity contribution in [2.24, 2.45) is 5.41 Å². The van der Waals surface area contributed by atoms with Gasteiger partial charge in [0, 0.05) is 12.8 Å². The smallest absolute Gasteiger partial charge is 0.146 e. The molecule has 1 unspecified atom stereocenters. The number of carbonyl (C=O) groups is 3. The van der Waals surface area contributed by atoms with Gasteiger partial charge in [-0.1, -0.05) is 19.3 Å². The zero-order chi connectivity index (χ0) is 12.0. The number of hydrogen-bond acceptors (Lipinski definition) is 3. The minimum atomic E-state index is -0.855. The van der Waals surface area contributed by atoms with E-state index in [0.29, 0.717) is 25.7 Å². The van der Waals surface area contributed by atoms with E-state index in [9.17, 15) is 14.4 Å². The van der Waals surface area contributed by atoms with Crippen LogP contribution in [0.1, 0.15) is 58.3 Å². The van der Waals surface area contributed by atoms with Crippen LogP contribution < -0.4 is 0 Å². The van der Waals surface area contributed by atoms with Crippen LogP contribution in [0.15, 0.2) is 0 Å². The van der Waals surface area contributed by atoms with Crippen LogP contribution in [0.25, 0.3) is 0 Å². The third kappa shape index (κ3) is 3.26. The summed E-state index contributed by atoms with van der Waals surface area (Å²) in [6.07, 6.45) is 6.63. The molecule has 1 saturated carbocycles. The Labute approximate surface area is 96.6 Å². The van der Waals surface area contributed by atoms with Gasteiger partial charge in [-0.3, -0.25) is 4.79 Å². The van der Waals surface area contributed by atoms with E-state index in [1.54, 1.807) is 0 Å². The summed E-state index contributed by atoms with van der Waals surface area (Å²) in [5, 5.41) is 0. The Morgan fingerprint density at radius 1 is 1.31 bits per heavy atom. The van der Waals surface area contributed by atoms with Crippen molar-refractivity contribution in [3.8, 4) is 0 Å². The molecule has 1 rings (SSSR count). The van der Waals surface area contributed by atoms with Crippen molar-refractivity contribution in [3.05, 3.63) is 0 Å². The molecule has 90 valence electrons. The first-order valence-electron chi connectivity index (χ1n) is 6.10. The summed E-state index contributed by atoms with van der Waals surface area (Å²) < 4.78 is 0. The molecule has 0 aliphatic heterocycles. The van der Waals surface area contributed by atoms with Gasteiger partial charge in [0.2, 0.25) is 0 Å². The molecule has 0 heterocycles. The van der Waals surface area contributed by atoms with Crippen molar-refractivity contribution >= 4 is 17.9 Å². The molecule has 0 aromatic heterocycles. The summed E-state index contributed by atoms with van der Waals surface area (Å²) >= 11 is 0. The third-order valence-corrected chi connectivity index (χ3v) is 3.48. The molecule has 0 N–H and O–H groups in total. The summed E-state index contributed by atoms with van der Waals surface area (Å²) in [4.78, 5) is 34.2. The molecular weight excluding hydrogens is 204 g/mol. The first-order chi connectivity index (χ1) is 7.60. The molecule has 1 aliphatic rings. The van der Waals surface area contributed by atoms with Crippen molar-refractivity contribution in [1.82, 2.24) is 0 Å². The van der Waals surface area contributed by atoms with E-state index >= 15 is 0 Å². The second-order valence-corrected chi connectivity index (χ2v) is 4.81. The summed E-state index contributed by atoms with van der Waals surface area (Å²) in [6, 6.07) is 0. The molecule has 0 aromatic rings. The van der Waals surface area contributed by atoms with E-state index in [1.807, 2.05) is 0 Å². The second-order valence-electron chi connectivity index (χ2n) is 4.81. The summed E-state index contributed by atoms with van der Waals surface area (Å²) in [6.45, 7) is 1.51. The highest BCUT2D eigenvalue weighted by Gasteiger charge is 2.37. The van der Waals surface area contributed by atoms with Crippen LogP contribution >= 0.6 is 0 Å². The Morgan fingerprint density at radius 2 is 2.00 bits per heavy atom.